The molecule has 1 saturated heterocycles. The number of rotatable bonds is 9. The van der Waals surface area contributed by atoms with E-state index in [-0.39, 0.29) is 5.41 Å². The van der Waals surface area contributed by atoms with Crippen LogP contribution in [0.2, 0.25) is 5.02 Å². The van der Waals surface area contributed by atoms with Gasteiger partial charge in [0.1, 0.15) is 0 Å². The molecule has 0 aromatic heterocycles. The van der Waals surface area contributed by atoms with Crippen molar-refractivity contribution in [2.45, 2.75) is 31.1 Å². The quantitative estimate of drug-likeness (QED) is 0.393. The van der Waals surface area contributed by atoms with E-state index in [0.29, 0.717) is 5.92 Å². The van der Waals surface area contributed by atoms with Crippen molar-refractivity contribution in [1.29, 1.82) is 0 Å². The highest BCUT2D eigenvalue weighted by Crippen LogP contribution is 2.47. The molecule has 5 nitrogen and oxygen atoms in total. The molecule has 0 amide bonds. The average Bonchev–Trinajstić information content (AvgIpc) is 3.27. The Labute approximate surface area is 161 Å². The summed E-state index contributed by atoms with van der Waals surface area (Å²) >= 11 is 6.00. The first-order chi connectivity index (χ1) is 12.7. The molecule has 26 heavy (non-hydrogen) atoms. The van der Waals surface area contributed by atoms with Gasteiger partial charge in [-0.2, -0.15) is 0 Å². The smallest absolute Gasteiger partial charge is 0.191 e. The van der Waals surface area contributed by atoms with E-state index in [0.717, 1.165) is 63.3 Å². The Kier molecular flexibility index (Phi) is 7.17. The van der Waals surface area contributed by atoms with Crippen LogP contribution in [-0.4, -0.2) is 52.5 Å². The molecule has 0 radical (unpaired) electrons. The van der Waals surface area contributed by atoms with E-state index in [1.165, 1.54) is 18.4 Å². The zero-order valence-corrected chi connectivity index (χ0v) is 16.4. The van der Waals surface area contributed by atoms with E-state index >= 15 is 0 Å². The minimum atomic E-state index is 0.231. The number of halogens is 1. The molecule has 2 N–H and O–H groups in total. The molecule has 1 aromatic carbocycles. The number of ether oxygens (including phenoxy) is 2. The number of nitrogens with one attached hydrogen (secondary N) is 2. The Hall–Kier alpha value is -1.30. The molecule has 1 aromatic rings. The molecule has 3 rings (SSSR count). The van der Waals surface area contributed by atoms with Gasteiger partial charge in [0.05, 0.1) is 13.2 Å². The molecule has 1 unspecified atom stereocenters. The van der Waals surface area contributed by atoms with Crippen LogP contribution in [0.5, 0.6) is 0 Å². The fraction of sp³-hybridized carbons (Fsp3) is 0.650. The molecule has 1 heterocycles. The van der Waals surface area contributed by atoms with Crippen molar-refractivity contribution in [2.24, 2.45) is 10.9 Å². The topological polar surface area (TPSA) is 54.9 Å². The van der Waals surface area contributed by atoms with Crippen molar-refractivity contribution in [2.75, 3.05) is 46.6 Å². The number of guanidine groups is 1. The largest absolute Gasteiger partial charge is 0.381 e. The molecule has 1 aliphatic heterocycles. The van der Waals surface area contributed by atoms with Crippen molar-refractivity contribution in [3.63, 3.8) is 0 Å². The van der Waals surface area contributed by atoms with Gasteiger partial charge >= 0.3 is 0 Å². The fourth-order valence-corrected chi connectivity index (χ4v) is 3.47. The third kappa shape index (κ3) is 5.60. The zero-order valence-electron chi connectivity index (χ0n) is 15.6. The first-order valence-electron chi connectivity index (χ1n) is 9.58. The van der Waals surface area contributed by atoms with Gasteiger partial charge in [0.25, 0.3) is 0 Å². The first kappa shape index (κ1) is 19.5. The second-order valence-corrected chi connectivity index (χ2v) is 7.73. The average molecular weight is 380 g/mol. The maximum atomic E-state index is 6.00. The van der Waals surface area contributed by atoms with Crippen LogP contribution in [0.25, 0.3) is 0 Å². The van der Waals surface area contributed by atoms with Crippen LogP contribution in [0.4, 0.5) is 0 Å². The summed E-state index contributed by atoms with van der Waals surface area (Å²) in [5, 5.41) is 7.63. The number of benzene rings is 1. The first-order valence-corrected chi connectivity index (χ1v) is 9.96. The lowest BCUT2D eigenvalue weighted by Crippen LogP contribution is -2.41. The van der Waals surface area contributed by atoms with Crippen LogP contribution in [-0.2, 0) is 14.9 Å². The van der Waals surface area contributed by atoms with Gasteiger partial charge in [0.15, 0.2) is 5.96 Å². The summed E-state index contributed by atoms with van der Waals surface area (Å²) < 4.78 is 11.1. The predicted octanol–water partition coefficient (Wildman–Crippen LogP) is 2.98. The maximum Gasteiger partial charge on any atom is 0.191 e. The van der Waals surface area contributed by atoms with Crippen LogP contribution in [0.3, 0.4) is 0 Å². The van der Waals surface area contributed by atoms with E-state index < -0.39 is 0 Å². The fourth-order valence-electron chi connectivity index (χ4n) is 3.34. The van der Waals surface area contributed by atoms with Gasteiger partial charge in [-0.05, 0) is 43.4 Å². The van der Waals surface area contributed by atoms with Crippen LogP contribution in [0.15, 0.2) is 29.3 Å². The summed E-state index contributed by atoms with van der Waals surface area (Å²) in [6.07, 6.45) is 4.51. The van der Waals surface area contributed by atoms with Gasteiger partial charge < -0.3 is 20.1 Å². The molecule has 1 saturated carbocycles. The number of hydrogen-bond acceptors (Lipinski definition) is 3. The predicted molar refractivity (Wildman–Crippen MR) is 106 cm³/mol. The second kappa shape index (κ2) is 9.58. The normalized spacial score (nSPS) is 21.6. The number of nitrogens with zero attached hydrogens (tertiary/aromatic N) is 1. The molecule has 1 atom stereocenters. The van der Waals surface area contributed by atoms with Crippen LogP contribution in [0, 0.1) is 5.92 Å². The third-order valence-corrected chi connectivity index (χ3v) is 5.52. The van der Waals surface area contributed by atoms with Crippen molar-refractivity contribution in [1.82, 2.24) is 10.6 Å². The molecule has 0 bridgehead atoms. The Morgan fingerprint density at radius 1 is 1.31 bits per heavy atom. The number of hydrogen-bond donors (Lipinski definition) is 2. The molecule has 144 valence electrons. The summed E-state index contributed by atoms with van der Waals surface area (Å²) in [6.45, 7) is 5.08. The summed E-state index contributed by atoms with van der Waals surface area (Å²) in [5.41, 5.74) is 1.59. The summed E-state index contributed by atoms with van der Waals surface area (Å²) in [4.78, 5) is 4.32. The SMILES string of the molecule is CN=C(NCCCOCC1CCOC1)NCC1(c2ccc(Cl)cc2)CC1. The molecular formula is C20H30ClN3O2. The molecule has 1 aliphatic carbocycles. The number of aliphatic imine (C=N–C) groups is 1. The second-order valence-electron chi connectivity index (χ2n) is 7.30. The Balaban J connectivity index is 1.31. The van der Waals surface area contributed by atoms with Crippen molar-refractivity contribution >= 4 is 17.6 Å². The Morgan fingerprint density at radius 3 is 2.77 bits per heavy atom. The lowest BCUT2D eigenvalue weighted by Gasteiger charge is -2.19. The van der Waals surface area contributed by atoms with Crippen molar-refractivity contribution in [3.05, 3.63) is 34.9 Å². The molecule has 2 aliphatic rings. The zero-order chi connectivity index (χ0) is 18.2. The monoisotopic (exact) mass is 379 g/mol. The Morgan fingerprint density at radius 2 is 2.12 bits per heavy atom. The van der Waals surface area contributed by atoms with E-state index in [1.54, 1.807) is 0 Å². The lowest BCUT2D eigenvalue weighted by atomic mass is 9.96. The third-order valence-electron chi connectivity index (χ3n) is 5.26. The highest BCUT2D eigenvalue weighted by Gasteiger charge is 2.44. The summed E-state index contributed by atoms with van der Waals surface area (Å²) in [6, 6.07) is 8.23. The maximum absolute atomic E-state index is 6.00. The van der Waals surface area contributed by atoms with Gasteiger partial charge in [0, 0.05) is 49.7 Å². The van der Waals surface area contributed by atoms with Gasteiger partial charge in [-0.15, -0.1) is 0 Å². The molecule has 2 fully saturated rings. The van der Waals surface area contributed by atoms with Crippen LogP contribution in [0.1, 0.15) is 31.2 Å². The van der Waals surface area contributed by atoms with E-state index in [9.17, 15) is 0 Å². The summed E-state index contributed by atoms with van der Waals surface area (Å²) in [7, 11) is 1.81. The van der Waals surface area contributed by atoms with Crippen LogP contribution >= 0.6 is 11.6 Å². The highest BCUT2D eigenvalue weighted by atomic mass is 35.5. The minimum Gasteiger partial charge on any atom is -0.381 e. The van der Waals surface area contributed by atoms with E-state index in [4.69, 9.17) is 21.1 Å². The van der Waals surface area contributed by atoms with Crippen LogP contribution < -0.4 is 10.6 Å². The molecule has 6 heteroatoms. The Bertz CT molecular complexity index is 581. The van der Waals surface area contributed by atoms with E-state index in [1.807, 2.05) is 19.2 Å². The van der Waals surface area contributed by atoms with Crippen molar-refractivity contribution in [3.8, 4) is 0 Å². The molecular weight excluding hydrogens is 350 g/mol. The van der Waals surface area contributed by atoms with Gasteiger partial charge in [-0.25, -0.2) is 0 Å². The van der Waals surface area contributed by atoms with Gasteiger partial charge in [0.2, 0.25) is 0 Å². The van der Waals surface area contributed by atoms with Gasteiger partial charge in [-0.1, -0.05) is 23.7 Å². The minimum absolute atomic E-state index is 0.231. The molecule has 0 spiro atoms. The van der Waals surface area contributed by atoms with Crippen molar-refractivity contribution < 1.29 is 9.47 Å². The highest BCUT2D eigenvalue weighted by molar-refractivity contribution is 6.30. The standard InChI is InChI=1S/C20H30ClN3O2/c1-22-19(23-10-2-11-25-13-16-7-12-26-14-16)24-15-20(8-9-20)17-3-5-18(21)6-4-17/h3-6,16H,2,7-15H2,1H3,(H2,22,23,24). The summed E-state index contributed by atoms with van der Waals surface area (Å²) in [5.74, 6) is 1.44. The van der Waals surface area contributed by atoms with Gasteiger partial charge in [-0.3, -0.25) is 4.99 Å². The lowest BCUT2D eigenvalue weighted by molar-refractivity contribution is 0.0888. The van der Waals surface area contributed by atoms with E-state index in [2.05, 4.69) is 27.8 Å².